The largest absolute Gasteiger partial charge is 0.308 e. The molecular weight excluding hydrogens is 879 g/mol. The number of nitriles is 2. The quantitative estimate of drug-likeness (QED) is 0.171. The predicted octanol–water partition coefficient (Wildman–Crippen LogP) is 15.4. The molecule has 9 aromatic carbocycles. The Morgan fingerprint density at radius 2 is 0.792 bits per heavy atom. The summed E-state index contributed by atoms with van der Waals surface area (Å²) >= 11 is 0. The van der Waals surface area contributed by atoms with E-state index >= 15 is 0 Å². The molecule has 0 unspecified atom stereocenters. The van der Waals surface area contributed by atoms with E-state index in [1.54, 1.807) is 0 Å². The van der Waals surface area contributed by atoms with Gasteiger partial charge >= 0.3 is 0 Å². The molecule has 7 nitrogen and oxygen atoms in total. The molecule has 72 heavy (non-hydrogen) atoms. The predicted molar refractivity (Wildman–Crippen MR) is 289 cm³/mol. The van der Waals surface area contributed by atoms with Gasteiger partial charge in [0.25, 0.3) is 0 Å². The molecule has 0 radical (unpaired) electrons. The van der Waals surface area contributed by atoms with Gasteiger partial charge in [-0.1, -0.05) is 167 Å². The lowest BCUT2D eigenvalue weighted by Gasteiger charge is -2.21. The molecule has 0 atom stereocenters. The number of fused-ring (bicyclic) bond motifs is 14. The first-order valence-corrected chi connectivity index (χ1v) is 24.4. The molecule has 0 saturated heterocycles. The summed E-state index contributed by atoms with van der Waals surface area (Å²) in [7, 11) is 0. The second kappa shape index (κ2) is 15.0. The minimum atomic E-state index is -0.228. The summed E-state index contributed by atoms with van der Waals surface area (Å²) in [6.07, 6.45) is 0. The third-order valence-electron chi connectivity index (χ3n) is 15.6. The van der Waals surface area contributed by atoms with Gasteiger partial charge in [0.05, 0.1) is 56.7 Å². The minimum Gasteiger partial charge on any atom is -0.308 e. The maximum Gasteiger partial charge on any atom is 0.166 e. The van der Waals surface area contributed by atoms with Gasteiger partial charge in [-0.15, -0.1) is 0 Å². The van der Waals surface area contributed by atoms with Crippen molar-refractivity contribution >= 4 is 43.6 Å². The summed E-state index contributed by atoms with van der Waals surface area (Å²) < 4.78 is 4.70. The van der Waals surface area contributed by atoms with Gasteiger partial charge in [-0.25, -0.2) is 15.0 Å². The van der Waals surface area contributed by atoms with Gasteiger partial charge in [-0.2, -0.15) is 10.5 Å². The summed E-state index contributed by atoms with van der Waals surface area (Å²) in [5, 5.41) is 25.8. The van der Waals surface area contributed by atoms with E-state index in [1.165, 1.54) is 44.5 Å². The number of benzene rings is 9. The molecular formula is C65H43N7. The first-order chi connectivity index (χ1) is 35.1. The molecule has 3 heterocycles. The molecule has 0 saturated carbocycles. The Bertz CT molecular complexity index is 4160. The zero-order valence-electron chi connectivity index (χ0n) is 40.0. The average Bonchev–Trinajstić information content (AvgIpc) is 4.10. The third-order valence-corrected chi connectivity index (χ3v) is 15.6. The third kappa shape index (κ3) is 5.68. The number of hydrogen-bond acceptors (Lipinski definition) is 5. The number of aromatic nitrogens is 5. The van der Waals surface area contributed by atoms with Crippen molar-refractivity contribution in [3.05, 3.63) is 221 Å². The first kappa shape index (κ1) is 41.5. The maximum absolute atomic E-state index is 10.6. The van der Waals surface area contributed by atoms with Crippen molar-refractivity contribution < 1.29 is 0 Å². The van der Waals surface area contributed by atoms with Crippen LogP contribution < -0.4 is 0 Å². The topological polar surface area (TPSA) is 96.1 Å². The van der Waals surface area contributed by atoms with Gasteiger partial charge in [-0.05, 0) is 81.9 Å². The summed E-state index contributed by atoms with van der Waals surface area (Å²) in [6.45, 7) is 9.23. The van der Waals surface area contributed by atoms with Crippen molar-refractivity contribution in [2.45, 2.75) is 38.5 Å². The van der Waals surface area contributed by atoms with Crippen LogP contribution in [0.1, 0.15) is 61.1 Å². The molecule has 338 valence electrons. The van der Waals surface area contributed by atoms with Gasteiger partial charge in [0.1, 0.15) is 0 Å². The lowest BCUT2D eigenvalue weighted by atomic mass is 9.82. The summed E-state index contributed by atoms with van der Waals surface area (Å²) in [4.78, 5) is 16.2. The fourth-order valence-electron chi connectivity index (χ4n) is 12.3. The van der Waals surface area contributed by atoms with E-state index in [4.69, 9.17) is 15.0 Å². The van der Waals surface area contributed by atoms with Crippen molar-refractivity contribution in [2.75, 3.05) is 0 Å². The number of nitrogens with zero attached hydrogens (tertiary/aromatic N) is 7. The first-order valence-electron chi connectivity index (χ1n) is 24.4. The lowest BCUT2D eigenvalue weighted by Crippen LogP contribution is -2.14. The van der Waals surface area contributed by atoms with Crippen LogP contribution in [-0.2, 0) is 10.8 Å². The molecule has 0 fully saturated rings. The molecule has 0 aliphatic heterocycles. The van der Waals surface area contributed by atoms with Gasteiger partial charge < -0.3 is 9.13 Å². The highest BCUT2D eigenvalue weighted by Gasteiger charge is 2.39. The summed E-state index contributed by atoms with van der Waals surface area (Å²) in [5.74, 6) is 1.27. The van der Waals surface area contributed by atoms with Crippen LogP contribution in [0.25, 0.3) is 111 Å². The van der Waals surface area contributed by atoms with Gasteiger partial charge in [0.15, 0.2) is 17.5 Å². The highest BCUT2D eigenvalue weighted by molar-refractivity contribution is 6.17. The molecule has 2 aliphatic rings. The number of rotatable bonds is 5. The zero-order valence-corrected chi connectivity index (χ0v) is 40.0. The SMILES string of the molecule is CC1(C)c2ccccc2-c2c1ccc1c3ccccc3n(-c3ccc(C#N)cc3-c3nc(-c4ccccc4)nc(-c4cc(C#N)ccc4-n4c5ccccc5c5ccc6c(c54)-c4ccccc4C6(C)C)n3)c21. The molecule has 7 heteroatoms. The monoisotopic (exact) mass is 921 g/mol. The molecule has 0 amide bonds. The highest BCUT2D eigenvalue weighted by Crippen LogP contribution is 2.55. The van der Waals surface area contributed by atoms with Crippen molar-refractivity contribution in [3.8, 4) is 79.9 Å². The van der Waals surface area contributed by atoms with E-state index in [0.717, 1.165) is 60.5 Å². The molecule has 0 bridgehead atoms. The Hall–Kier alpha value is -9.43. The van der Waals surface area contributed by atoms with Gasteiger partial charge in [-0.3, -0.25) is 0 Å². The van der Waals surface area contributed by atoms with Crippen LogP contribution in [0.15, 0.2) is 188 Å². The molecule has 12 aromatic rings. The number of hydrogen-bond donors (Lipinski definition) is 0. The summed E-state index contributed by atoms with van der Waals surface area (Å²) in [6, 6.07) is 70.2. The van der Waals surface area contributed by atoms with Crippen LogP contribution in [0.2, 0.25) is 0 Å². The normalized spacial score (nSPS) is 13.8. The molecule has 14 rings (SSSR count). The summed E-state index contributed by atoms with van der Waals surface area (Å²) in [5.41, 5.74) is 18.5. The van der Waals surface area contributed by atoms with Crippen molar-refractivity contribution in [2.24, 2.45) is 0 Å². The second-order valence-corrected chi connectivity index (χ2v) is 20.2. The lowest BCUT2D eigenvalue weighted by molar-refractivity contribution is 0.660. The van der Waals surface area contributed by atoms with E-state index in [1.807, 2.05) is 66.7 Å². The van der Waals surface area contributed by atoms with E-state index in [2.05, 4.69) is 170 Å². The smallest absolute Gasteiger partial charge is 0.166 e. The van der Waals surface area contributed by atoms with E-state index in [0.29, 0.717) is 39.7 Å². The fraction of sp³-hybridized carbons (Fsp3) is 0.0923. The van der Waals surface area contributed by atoms with Crippen molar-refractivity contribution in [1.82, 2.24) is 24.1 Å². The van der Waals surface area contributed by atoms with Crippen LogP contribution in [0.3, 0.4) is 0 Å². The minimum absolute atomic E-state index is 0.228. The van der Waals surface area contributed by atoms with Crippen LogP contribution in [0, 0.1) is 22.7 Å². The molecule has 2 aliphatic carbocycles. The van der Waals surface area contributed by atoms with E-state index in [-0.39, 0.29) is 10.8 Å². The Labute approximate surface area is 416 Å². The van der Waals surface area contributed by atoms with E-state index in [9.17, 15) is 10.5 Å². The van der Waals surface area contributed by atoms with Crippen molar-refractivity contribution in [3.63, 3.8) is 0 Å². The Morgan fingerprint density at radius 1 is 0.375 bits per heavy atom. The molecule has 0 N–H and O–H groups in total. The molecule has 0 spiro atoms. The second-order valence-electron chi connectivity index (χ2n) is 20.2. The molecule has 3 aromatic heterocycles. The Kier molecular flexibility index (Phi) is 8.67. The van der Waals surface area contributed by atoms with Crippen LogP contribution in [-0.4, -0.2) is 24.1 Å². The van der Waals surface area contributed by atoms with E-state index < -0.39 is 0 Å². The number of para-hydroxylation sites is 2. The average molecular weight is 922 g/mol. The van der Waals surface area contributed by atoms with Crippen LogP contribution in [0.4, 0.5) is 0 Å². The zero-order chi connectivity index (χ0) is 48.6. The maximum atomic E-state index is 10.6. The van der Waals surface area contributed by atoms with Gasteiger partial charge in [0.2, 0.25) is 0 Å². The standard InChI is InChI=1S/C65H43N7/c1-64(2)49-22-12-8-20-45(49)57-51(64)30-28-43-41-18-10-14-24-53(41)71(59(43)57)55-32-26-38(36-66)34-47(55)62-68-61(40-16-6-5-7-17-40)69-63(70-62)48-35-39(37-67)27-33-56(48)72-54-25-15-11-19-42(54)44-29-31-52-58(60(44)72)46-21-9-13-23-50(46)65(52,3)4/h5-35H,1-4H3. The van der Waals surface area contributed by atoms with Crippen LogP contribution >= 0.6 is 0 Å². The highest BCUT2D eigenvalue weighted by atomic mass is 15.1. The van der Waals surface area contributed by atoms with Crippen molar-refractivity contribution in [1.29, 1.82) is 10.5 Å². The van der Waals surface area contributed by atoms with Crippen LogP contribution in [0.5, 0.6) is 0 Å². The fourth-order valence-corrected chi connectivity index (χ4v) is 12.3. The Morgan fingerprint density at radius 3 is 1.26 bits per heavy atom. The Balaban J connectivity index is 1.08. The van der Waals surface area contributed by atoms with Gasteiger partial charge in [0, 0.05) is 60.2 Å².